The van der Waals surface area contributed by atoms with Crippen molar-refractivity contribution in [1.82, 2.24) is 0 Å². The molecular weight excluding hydrogens is 228 g/mol. The highest BCUT2D eigenvalue weighted by molar-refractivity contribution is 5.71. The lowest BCUT2D eigenvalue weighted by Crippen LogP contribution is -2.27. The zero-order valence-corrected chi connectivity index (χ0v) is 11.8. The maximum atomic E-state index is 11.5. The molecule has 0 aliphatic heterocycles. The molecule has 0 aliphatic carbocycles. The second kappa shape index (κ2) is 5.89. The standard InChI is InChI=1S/C15H22O3/c1-11(2)12-7-6-8-13(9-12)17-10-14(16)18-15(3,4)5/h6-9,11H,10H2,1-5H3. The molecular formula is C15H22O3. The largest absolute Gasteiger partial charge is 0.482 e. The van der Waals surface area contributed by atoms with Crippen molar-refractivity contribution in [3.05, 3.63) is 29.8 Å². The Bertz CT molecular complexity index is 402. The van der Waals surface area contributed by atoms with Gasteiger partial charge in [0.1, 0.15) is 11.4 Å². The molecule has 0 bridgehead atoms. The predicted molar refractivity (Wildman–Crippen MR) is 71.9 cm³/mol. The molecule has 0 aromatic heterocycles. The maximum Gasteiger partial charge on any atom is 0.344 e. The first-order valence-corrected chi connectivity index (χ1v) is 6.22. The van der Waals surface area contributed by atoms with Gasteiger partial charge in [-0.25, -0.2) is 4.79 Å². The Morgan fingerprint density at radius 2 is 1.94 bits per heavy atom. The first-order valence-electron chi connectivity index (χ1n) is 6.22. The van der Waals surface area contributed by atoms with Gasteiger partial charge in [-0.1, -0.05) is 26.0 Å². The lowest BCUT2D eigenvalue weighted by atomic mass is 10.0. The number of esters is 1. The summed E-state index contributed by atoms with van der Waals surface area (Å²) in [5, 5.41) is 0. The molecule has 0 aliphatic rings. The van der Waals surface area contributed by atoms with Crippen LogP contribution < -0.4 is 4.74 Å². The van der Waals surface area contributed by atoms with E-state index in [4.69, 9.17) is 9.47 Å². The van der Waals surface area contributed by atoms with Gasteiger partial charge in [-0.2, -0.15) is 0 Å². The number of benzene rings is 1. The normalized spacial score (nSPS) is 11.4. The molecule has 0 saturated carbocycles. The average molecular weight is 250 g/mol. The zero-order chi connectivity index (χ0) is 13.8. The van der Waals surface area contributed by atoms with Gasteiger partial charge in [-0.15, -0.1) is 0 Å². The fourth-order valence-electron chi connectivity index (χ4n) is 1.48. The topological polar surface area (TPSA) is 35.5 Å². The van der Waals surface area contributed by atoms with E-state index in [2.05, 4.69) is 13.8 Å². The van der Waals surface area contributed by atoms with Gasteiger partial charge in [0.05, 0.1) is 0 Å². The van der Waals surface area contributed by atoms with Gasteiger partial charge in [0, 0.05) is 0 Å². The first kappa shape index (κ1) is 14.6. The number of carbonyl (C=O) groups excluding carboxylic acids is 1. The SMILES string of the molecule is CC(C)c1cccc(OCC(=O)OC(C)(C)C)c1. The van der Waals surface area contributed by atoms with E-state index in [1.807, 2.05) is 45.0 Å². The van der Waals surface area contributed by atoms with Crippen LogP contribution in [0.1, 0.15) is 46.1 Å². The van der Waals surface area contributed by atoms with E-state index >= 15 is 0 Å². The number of hydrogen-bond acceptors (Lipinski definition) is 3. The molecule has 0 spiro atoms. The van der Waals surface area contributed by atoms with Gasteiger partial charge in [0.15, 0.2) is 6.61 Å². The highest BCUT2D eigenvalue weighted by atomic mass is 16.6. The van der Waals surface area contributed by atoms with Crippen LogP contribution in [-0.4, -0.2) is 18.2 Å². The molecule has 3 heteroatoms. The third kappa shape index (κ3) is 5.21. The van der Waals surface area contributed by atoms with Crippen molar-refractivity contribution >= 4 is 5.97 Å². The quantitative estimate of drug-likeness (QED) is 0.767. The lowest BCUT2D eigenvalue weighted by Gasteiger charge is -2.19. The molecule has 0 heterocycles. The Morgan fingerprint density at radius 3 is 2.50 bits per heavy atom. The molecule has 0 radical (unpaired) electrons. The smallest absolute Gasteiger partial charge is 0.344 e. The zero-order valence-electron chi connectivity index (χ0n) is 11.8. The molecule has 100 valence electrons. The van der Waals surface area contributed by atoms with Gasteiger partial charge in [-0.3, -0.25) is 0 Å². The van der Waals surface area contributed by atoms with Crippen molar-refractivity contribution < 1.29 is 14.3 Å². The summed E-state index contributed by atoms with van der Waals surface area (Å²) in [6.45, 7) is 9.69. The molecule has 0 N–H and O–H groups in total. The molecule has 1 aromatic carbocycles. The third-order valence-electron chi connectivity index (χ3n) is 2.30. The highest BCUT2D eigenvalue weighted by Crippen LogP contribution is 2.20. The molecule has 1 rings (SSSR count). The predicted octanol–water partition coefficient (Wildman–Crippen LogP) is 3.53. The van der Waals surface area contributed by atoms with Crippen molar-refractivity contribution in [3.63, 3.8) is 0 Å². The number of carbonyl (C=O) groups is 1. The Kier molecular flexibility index (Phi) is 4.76. The van der Waals surface area contributed by atoms with Crippen molar-refractivity contribution in [3.8, 4) is 5.75 Å². The summed E-state index contributed by atoms with van der Waals surface area (Å²) in [4.78, 5) is 11.5. The van der Waals surface area contributed by atoms with Crippen molar-refractivity contribution in [2.75, 3.05) is 6.61 Å². The fraction of sp³-hybridized carbons (Fsp3) is 0.533. The van der Waals surface area contributed by atoms with Crippen LogP contribution in [0.2, 0.25) is 0 Å². The Hall–Kier alpha value is -1.51. The van der Waals surface area contributed by atoms with E-state index in [9.17, 15) is 4.79 Å². The number of ether oxygens (including phenoxy) is 2. The minimum absolute atomic E-state index is 0.0567. The van der Waals surface area contributed by atoms with Crippen LogP contribution in [0.3, 0.4) is 0 Å². The van der Waals surface area contributed by atoms with Gasteiger partial charge in [0.25, 0.3) is 0 Å². The van der Waals surface area contributed by atoms with Gasteiger partial charge in [-0.05, 0) is 44.4 Å². The van der Waals surface area contributed by atoms with E-state index in [-0.39, 0.29) is 12.6 Å². The molecule has 1 aromatic rings. The minimum atomic E-state index is -0.472. The summed E-state index contributed by atoms with van der Waals surface area (Å²) in [7, 11) is 0. The van der Waals surface area contributed by atoms with E-state index in [0.29, 0.717) is 11.7 Å². The molecule has 18 heavy (non-hydrogen) atoms. The molecule has 0 fully saturated rings. The van der Waals surface area contributed by atoms with Crippen LogP contribution >= 0.6 is 0 Å². The fourth-order valence-corrected chi connectivity index (χ4v) is 1.48. The van der Waals surface area contributed by atoms with E-state index in [0.717, 1.165) is 0 Å². The van der Waals surface area contributed by atoms with Gasteiger partial charge < -0.3 is 9.47 Å². The molecule has 0 amide bonds. The van der Waals surface area contributed by atoms with Crippen LogP contribution in [-0.2, 0) is 9.53 Å². The molecule has 3 nitrogen and oxygen atoms in total. The van der Waals surface area contributed by atoms with Crippen LogP contribution in [0.5, 0.6) is 5.75 Å². The highest BCUT2D eigenvalue weighted by Gasteiger charge is 2.16. The van der Waals surface area contributed by atoms with E-state index < -0.39 is 5.60 Å². The molecule has 0 saturated heterocycles. The average Bonchev–Trinajstić information content (AvgIpc) is 2.24. The Morgan fingerprint density at radius 1 is 1.28 bits per heavy atom. The maximum absolute atomic E-state index is 11.5. The Balaban J connectivity index is 2.53. The summed E-state index contributed by atoms with van der Waals surface area (Å²) < 4.78 is 10.6. The second-order valence-corrected chi connectivity index (χ2v) is 5.60. The van der Waals surface area contributed by atoms with Crippen molar-refractivity contribution in [2.24, 2.45) is 0 Å². The summed E-state index contributed by atoms with van der Waals surface area (Å²) in [5.74, 6) is 0.791. The van der Waals surface area contributed by atoms with Crippen molar-refractivity contribution in [2.45, 2.75) is 46.1 Å². The first-order chi connectivity index (χ1) is 8.28. The van der Waals surface area contributed by atoms with Crippen molar-refractivity contribution in [1.29, 1.82) is 0 Å². The third-order valence-corrected chi connectivity index (χ3v) is 2.30. The van der Waals surface area contributed by atoms with Crippen LogP contribution in [0.15, 0.2) is 24.3 Å². The number of rotatable bonds is 4. The summed E-state index contributed by atoms with van der Waals surface area (Å²) in [6.07, 6.45) is 0. The van der Waals surface area contributed by atoms with Gasteiger partial charge >= 0.3 is 5.97 Å². The molecule has 0 atom stereocenters. The van der Waals surface area contributed by atoms with Gasteiger partial charge in [0.2, 0.25) is 0 Å². The van der Waals surface area contributed by atoms with E-state index in [1.54, 1.807) is 0 Å². The summed E-state index contributed by atoms with van der Waals surface area (Å²) in [5.41, 5.74) is 0.719. The Labute approximate surface area is 109 Å². The second-order valence-electron chi connectivity index (χ2n) is 5.60. The van der Waals surface area contributed by atoms with E-state index in [1.165, 1.54) is 5.56 Å². The lowest BCUT2D eigenvalue weighted by molar-refractivity contribution is -0.157. The minimum Gasteiger partial charge on any atom is -0.482 e. The number of hydrogen-bond donors (Lipinski definition) is 0. The van der Waals surface area contributed by atoms with Crippen LogP contribution in [0, 0.1) is 0 Å². The summed E-state index contributed by atoms with van der Waals surface area (Å²) in [6, 6.07) is 7.77. The van der Waals surface area contributed by atoms with Crippen LogP contribution in [0.4, 0.5) is 0 Å². The molecule has 0 unspecified atom stereocenters. The summed E-state index contributed by atoms with van der Waals surface area (Å²) >= 11 is 0. The van der Waals surface area contributed by atoms with Crippen LogP contribution in [0.25, 0.3) is 0 Å². The monoisotopic (exact) mass is 250 g/mol.